The summed E-state index contributed by atoms with van der Waals surface area (Å²) in [5.41, 5.74) is 3.04. The Morgan fingerprint density at radius 3 is 1.56 bits per heavy atom. The fourth-order valence-electron chi connectivity index (χ4n) is 1.87. The summed E-state index contributed by atoms with van der Waals surface area (Å²) in [5.74, 6) is 1.47. The third kappa shape index (κ3) is 4.65. The minimum absolute atomic E-state index is 0.736. The molecule has 88 valence electrons. The molecule has 0 fully saturated rings. The molecule has 0 bridgehead atoms. The summed E-state index contributed by atoms with van der Waals surface area (Å²) in [6.07, 6.45) is 15.6. The van der Waals surface area contributed by atoms with E-state index in [2.05, 4.69) is 64.2 Å². The van der Waals surface area contributed by atoms with E-state index >= 15 is 0 Å². The topological polar surface area (TPSA) is 0 Å². The van der Waals surface area contributed by atoms with Gasteiger partial charge < -0.3 is 0 Å². The molecule has 0 aromatic heterocycles. The van der Waals surface area contributed by atoms with Crippen LogP contribution in [-0.4, -0.2) is 0 Å². The van der Waals surface area contributed by atoms with Crippen LogP contribution in [0, 0.1) is 11.8 Å². The van der Waals surface area contributed by atoms with Crippen LogP contribution >= 0.6 is 0 Å². The molecule has 2 aliphatic carbocycles. The molecule has 0 aliphatic heterocycles. The van der Waals surface area contributed by atoms with Gasteiger partial charge in [0.1, 0.15) is 0 Å². The van der Waals surface area contributed by atoms with Crippen molar-refractivity contribution in [2.75, 3.05) is 0 Å². The fourth-order valence-corrected chi connectivity index (χ4v) is 1.87. The third-order valence-corrected chi connectivity index (χ3v) is 3.26. The minimum atomic E-state index is 0.736. The maximum absolute atomic E-state index is 2.28. The number of rotatable bonds is 0. The molecular formula is C16H24. The van der Waals surface area contributed by atoms with E-state index in [1.807, 2.05) is 0 Å². The minimum Gasteiger partial charge on any atom is -0.0815 e. The highest BCUT2D eigenvalue weighted by Gasteiger charge is 2.05. The Morgan fingerprint density at radius 2 is 1.31 bits per heavy atom. The second-order valence-electron chi connectivity index (χ2n) is 5.00. The van der Waals surface area contributed by atoms with Crippen LogP contribution in [-0.2, 0) is 0 Å². The molecule has 0 radical (unpaired) electrons. The Balaban J connectivity index is 0.000000160. The second-order valence-corrected chi connectivity index (χ2v) is 5.00. The molecule has 2 atom stereocenters. The Morgan fingerprint density at radius 1 is 0.875 bits per heavy atom. The summed E-state index contributed by atoms with van der Waals surface area (Å²) in [7, 11) is 0. The lowest BCUT2D eigenvalue weighted by Crippen LogP contribution is -2.03. The first kappa shape index (κ1) is 13.0. The van der Waals surface area contributed by atoms with Crippen molar-refractivity contribution in [3.63, 3.8) is 0 Å². The van der Waals surface area contributed by atoms with E-state index in [1.54, 1.807) is 0 Å². The summed E-state index contributed by atoms with van der Waals surface area (Å²) in [6.45, 7) is 8.86. The van der Waals surface area contributed by atoms with Crippen LogP contribution in [0.4, 0.5) is 0 Å². The molecule has 0 heteroatoms. The van der Waals surface area contributed by atoms with E-state index in [-0.39, 0.29) is 0 Å². The number of allylic oxidation sites excluding steroid dienone is 8. The van der Waals surface area contributed by atoms with Gasteiger partial charge in [-0.25, -0.2) is 0 Å². The Labute approximate surface area is 100 Å². The molecule has 0 saturated heterocycles. The van der Waals surface area contributed by atoms with Crippen LogP contribution < -0.4 is 0 Å². The highest BCUT2D eigenvalue weighted by Crippen LogP contribution is 2.17. The lowest BCUT2D eigenvalue weighted by molar-refractivity contribution is 0.552. The van der Waals surface area contributed by atoms with Crippen LogP contribution in [0.2, 0.25) is 0 Å². The number of hydrogen-bond donors (Lipinski definition) is 0. The summed E-state index contributed by atoms with van der Waals surface area (Å²) in [5, 5.41) is 0. The van der Waals surface area contributed by atoms with Gasteiger partial charge in [-0.05, 0) is 38.5 Å². The lowest BCUT2D eigenvalue weighted by Gasteiger charge is -2.13. The number of hydrogen-bond acceptors (Lipinski definition) is 0. The van der Waals surface area contributed by atoms with Gasteiger partial charge in [0.25, 0.3) is 0 Å². The molecule has 0 saturated carbocycles. The van der Waals surface area contributed by atoms with Crippen molar-refractivity contribution in [2.24, 2.45) is 11.8 Å². The molecule has 0 aromatic carbocycles. The molecule has 2 aliphatic rings. The van der Waals surface area contributed by atoms with Crippen molar-refractivity contribution in [1.29, 1.82) is 0 Å². The third-order valence-electron chi connectivity index (χ3n) is 3.26. The molecule has 0 amide bonds. The summed E-state index contributed by atoms with van der Waals surface area (Å²) >= 11 is 0. The van der Waals surface area contributed by atoms with Crippen molar-refractivity contribution in [2.45, 2.75) is 40.5 Å². The van der Waals surface area contributed by atoms with E-state index in [0.717, 1.165) is 18.3 Å². The summed E-state index contributed by atoms with van der Waals surface area (Å²) in [6, 6.07) is 0. The van der Waals surface area contributed by atoms with Gasteiger partial charge in [-0.2, -0.15) is 0 Å². The van der Waals surface area contributed by atoms with E-state index < -0.39 is 0 Å². The van der Waals surface area contributed by atoms with Crippen LogP contribution in [0.5, 0.6) is 0 Å². The zero-order valence-electron chi connectivity index (χ0n) is 11.0. The normalized spacial score (nSPS) is 27.8. The molecule has 0 aromatic rings. The monoisotopic (exact) mass is 216 g/mol. The first-order valence-electron chi connectivity index (χ1n) is 6.26. The zero-order valence-corrected chi connectivity index (χ0v) is 11.0. The fraction of sp³-hybridized carbons (Fsp3) is 0.500. The largest absolute Gasteiger partial charge is 0.0815 e. The molecule has 2 rings (SSSR count). The Hall–Kier alpha value is -1.04. The maximum Gasteiger partial charge on any atom is -0.0114 e. The zero-order chi connectivity index (χ0) is 12.0. The van der Waals surface area contributed by atoms with E-state index in [9.17, 15) is 0 Å². The second kappa shape index (κ2) is 6.52. The van der Waals surface area contributed by atoms with Crippen molar-refractivity contribution in [3.05, 3.63) is 47.6 Å². The van der Waals surface area contributed by atoms with Gasteiger partial charge in [0.2, 0.25) is 0 Å². The maximum atomic E-state index is 2.28. The van der Waals surface area contributed by atoms with Crippen molar-refractivity contribution in [1.82, 2.24) is 0 Å². The van der Waals surface area contributed by atoms with Gasteiger partial charge in [0.15, 0.2) is 0 Å². The SMILES string of the molecule is CC1=CCC=C(C)C1.CC1C=CC=CC1C. The van der Waals surface area contributed by atoms with E-state index in [1.165, 1.54) is 17.6 Å². The highest BCUT2D eigenvalue weighted by atomic mass is 14.1. The van der Waals surface area contributed by atoms with E-state index in [4.69, 9.17) is 0 Å². The van der Waals surface area contributed by atoms with Gasteiger partial charge in [0, 0.05) is 0 Å². The smallest absolute Gasteiger partial charge is 0.0114 e. The van der Waals surface area contributed by atoms with Crippen molar-refractivity contribution in [3.8, 4) is 0 Å². The average molecular weight is 216 g/mol. The highest BCUT2D eigenvalue weighted by molar-refractivity contribution is 5.18. The van der Waals surface area contributed by atoms with Crippen LogP contribution in [0.1, 0.15) is 40.5 Å². The Kier molecular flexibility index (Phi) is 5.31. The van der Waals surface area contributed by atoms with Crippen LogP contribution in [0.15, 0.2) is 47.6 Å². The van der Waals surface area contributed by atoms with Crippen LogP contribution in [0.3, 0.4) is 0 Å². The first-order chi connectivity index (χ1) is 7.59. The van der Waals surface area contributed by atoms with Gasteiger partial charge >= 0.3 is 0 Å². The van der Waals surface area contributed by atoms with Gasteiger partial charge in [-0.1, -0.05) is 61.4 Å². The molecule has 0 spiro atoms. The van der Waals surface area contributed by atoms with Crippen molar-refractivity contribution < 1.29 is 0 Å². The van der Waals surface area contributed by atoms with Gasteiger partial charge in [-0.15, -0.1) is 0 Å². The summed E-state index contributed by atoms with van der Waals surface area (Å²) in [4.78, 5) is 0. The molecule has 0 nitrogen and oxygen atoms in total. The predicted octanol–water partition coefficient (Wildman–Crippen LogP) is 5.06. The van der Waals surface area contributed by atoms with Gasteiger partial charge in [-0.3, -0.25) is 0 Å². The first-order valence-corrected chi connectivity index (χ1v) is 6.26. The van der Waals surface area contributed by atoms with Gasteiger partial charge in [0.05, 0.1) is 0 Å². The van der Waals surface area contributed by atoms with Crippen LogP contribution in [0.25, 0.3) is 0 Å². The van der Waals surface area contributed by atoms with Crippen molar-refractivity contribution >= 4 is 0 Å². The quantitative estimate of drug-likeness (QED) is 0.497. The average Bonchev–Trinajstić information content (AvgIpc) is 2.23. The standard InChI is InChI=1S/2C8H12/c1-7-4-3-5-8(2)6-7;1-7-5-3-4-6-8(7)2/h4-5H,3,6H2,1-2H3;3-8H,1-2H3. The molecule has 16 heavy (non-hydrogen) atoms. The molecule has 0 N–H and O–H groups in total. The molecule has 2 unspecified atom stereocenters. The Bertz CT molecular complexity index is 294. The molecular weight excluding hydrogens is 192 g/mol. The summed E-state index contributed by atoms with van der Waals surface area (Å²) < 4.78 is 0. The van der Waals surface area contributed by atoms with E-state index in [0.29, 0.717) is 0 Å². The molecule has 0 heterocycles. The predicted molar refractivity (Wildman–Crippen MR) is 73.4 cm³/mol. The lowest BCUT2D eigenvalue weighted by atomic mass is 9.92.